The van der Waals surface area contributed by atoms with Crippen molar-refractivity contribution in [1.82, 2.24) is 5.32 Å². The molecule has 6 heteroatoms. The van der Waals surface area contributed by atoms with Gasteiger partial charge in [-0.3, -0.25) is 0 Å². The van der Waals surface area contributed by atoms with Crippen molar-refractivity contribution in [2.75, 3.05) is 26.3 Å². The maximum atomic E-state index is 10.1. The second-order valence-electron chi connectivity index (χ2n) is 4.39. The van der Waals surface area contributed by atoms with Gasteiger partial charge in [0.15, 0.2) is 0 Å². The first-order valence-electron chi connectivity index (χ1n) is 5.56. The van der Waals surface area contributed by atoms with E-state index < -0.39 is 5.60 Å². The molecule has 1 saturated heterocycles. The predicted octanol–water partition coefficient (Wildman–Crippen LogP) is -0.500. The highest BCUT2D eigenvalue weighted by Crippen LogP contribution is 2.19. The minimum Gasteiger partial charge on any atom is -0.409 e. The van der Waals surface area contributed by atoms with E-state index >= 15 is 0 Å². The molecule has 0 spiro atoms. The summed E-state index contributed by atoms with van der Waals surface area (Å²) in [4.78, 5) is 0. The predicted molar refractivity (Wildman–Crippen MR) is 60.4 cm³/mol. The van der Waals surface area contributed by atoms with Gasteiger partial charge in [0, 0.05) is 45.1 Å². The molecule has 6 nitrogen and oxygen atoms in total. The van der Waals surface area contributed by atoms with Gasteiger partial charge in [-0.2, -0.15) is 0 Å². The fraction of sp³-hybridized carbons (Fsp3) is 0.900. The quantitative estimate of drug-likeness (QED) is 0.221. The van der Waals surface area contributed by atoms with Gasteiger partial charge in [-0.15, -0.1) is 0 Å². The van der Waals surface area contributed by atoms with Gasteiger partial charge in [-0.25, -0.2) is 0 Å². The first-order chi connectivity index (χ1) is 7.57. The molecule has 0 aromatic heterocycles. The Morgan fingerprint density at radius 1 is 1.56 bits per heavy atom. The summed E-state index contributed by atoms with van der Waals surface area (Å²) in [5.41, 5.74) is 4.77. The van der Waals surface area contributed by atoms with Crippen LogP contribution in [0.25, 0.3) is 0 Å². The Morgan fingerprint density at radius 2 is 2.19 bits per heavy atom. The number of ether oxygens (including phenoxy) is 1. The number of amidine groups is 1. The zero-order chi connectivity index (χ0) is 12.0. The molecule has 1 atom stereocenters. The average Bonchev–Trinajstić information content (AvgIpc) is 2.28. The number of aliphatic hydroxyl groups is 1. The molecule has 0 aromatic rings. The SMILES string of the molecule is CC(CNCC1(O)CCOCC1)C(N)=NO. The van der Waals surface area contributed by atoms with E-state index in [0.29, 0.717) is 39.1 Å². The third kappa shape index (κ3) is 3.96. The van der Waals surface area contributed by atoms with Crippen molar-refractivity contribution in [3.05, 3.63) is 0 Å². The van der Waals surface area contributed by atoms with Gasteiger partial charge in [-0.1, -0.05) is 12.1 Å². The van der Waals surface area contributed by atoms with Gasteiger partial charge in [0.2, 0.25) is 0 Å². The Hall–Kier alpha value is -0.850. The monoisotopic (exact) mass is 231 g/mol. The Morgan fingerprint density at radius 3 is 2.75 bits per heavy atom. The van der Waals surface area contributed by atoms with Gasteiger partial charge in [0.25, 0.3) is 0 Å². The van der Waals surface area contributed by atoms with Crippen molar-refractivity contribution >= 4 is 5.84 Å². The first kappa shape index (κ1) is 13.2. The second kappa shape index (κ2) is 6.03. The molecule has 16 heavy (non-hydrogen) atoms. The Kier molecular flexibility index (Phi) is 4.98. The number of nitrogens with two attached hydrogens (primary N) is 1. The van der Waals surface area contributed by atoms with Gasteiger partial charge in [-0.05, 0) is 0 Å². The highest BCUT2D eigenvalue weighted by molar-refractivity contribution is 5.82. The number of nitrogens with one attached hydrogen (secondary N) is 1. The lowest BCUT2D eigenvalue weighted by molar-refractivity contribution is -0.0615. The fourth-order valence-electron chi connectivity index (χ4n) is 1.65. The maximum absolute atomic E-state index is 10.1. The van der Waals surface area contributed by atoms with E-state index in [1.54, 1.807) is 0 Å². The molecular weight excluding hydrogens is 210 g/mol. The molecular formula is C10H21N3O3. The first-order valence-corrected chi connectivity index (χ1v) is 5.56. The van der Waals surface area contributed by atoms with E-state index in [0.717, 1.165) is 0 Å². The van der Waals surface area contributed by atoms with E-state index in [1.165, 1.54) is 0 Å². The highest BCUT2D eigenvalue weighted by atomic mass is 16.5. The summed E-state index contributed by atoms with van der Waals surface area (Å²) in [6.07, 6.45) is 1.30. The summed E-state index contributed by atoms with van der Waals surface area (Å²) in [5.74, 6) is 0.153. The number of hydrogen-bond acceptors (Lipinski definition) is 5. The molecule has 1 heterocycles. The zero-order valence-electron chi connectivity index (χ0n) is 9.65. The molecule has 94 valence electrons. The normalized spacial score (nSPS) is 23.0. The molecule has 0 bridgehead atoms. The van der Waals surface area contributed by atoms with Crippen LogP contribution < -0.4 is 11.1 Å². The van der Waals surface area contributed by atoms with E-state index in [4.69, 9.17) is 15.7 Å². The van der Waals surface area contributed by atoms with E-state index in [2.05, 4.69) is 10.5 Å². The minimum absolute atomic E-state index is 0.0477. The number of rotatable bonds is 5. The van der Waals surface area contributed by atoms with Crippen molar-refractivity contribution in [3.63, 3.8) is 0 Å². The van der Waals surface area contributed by atoms with Gasteiger partial charge >= 0.3 is 0 Å². The molecule has 5 N–H and O–H groups in total. The molecule has 1 fully saturated rings. The topological polar surface area (TPSA) is 100 Å². The van der Waals surface area contributed by atoms with Crippen LogP contribution in [0.15, 0.2) is 5.16 Å². The van der Waals surface area contributed by atoms with E-state index in [1.807, 2.05) is 6.92 Å². The number of hydrogen-bond donors (Lipinski definition) is 4. The van der Waals surface area contributed by atoms with Gasteiger partial charge < -0.3 is 26.1 Å². The van der Waals surface area contributed by atoms with Crippen LogP contribution in [0.3, 0.4) is 0 Å². The standard InChI is InChI=1S/C10H21N3O3/c1-8(9(11)13-15)6-12-7-10(14)2-4-16-5-3-10/h8,12,14-15H,2-7H2,1H3,(H2,11,13). The van der Waals surface area contributed by atoms with Crippen molar-refractivity contribution in [2.24, 2.45) is 16.8 Å². The van der Waals surface area contributed by atoms with Crippen LogP contribution in [0.5, 0.6) is 0 Å². The van der Waals surface area contributed by atoms with Crippen LogP contribution in [-0.2, 0) is 4.74 Å². The molecule has 0 aliphatic carbocycles. The minimum atomic E-state index is -0.677. The van der Waals surface area contributed by atoms with Crippen LogP contribution in [0.2, 0.25) is 0 Å². The molecule has 1 aliphatic heterocycles. The molecule has 0 aromatic carbocycles. The molecule has 0 radical (unpaired) electrons. The third-order valence-corrected chi connectivity index (χ3v) is 2.95. The van der Waals surface area contributed by atoms with E-state index in [-0.39, 0.29) is 11.8 Å². The summed E-state index contributed by atoms with van der Waals surface area (Å²) >= 11 is 0. The summed E-state index contributed by atoms with van der Waals surface area (Å²) in [7, 11) is 0. The summed E-state index contributed by atoms with van der Waals surface area (Å²) in [6.45, 7) is 4.16. The number of nitrogens with zero attached hydrogens (tertiary/aromatic N) is 1. The van der Waals surface area contributed by atoms with E-state index in [9.17, 15) is 5.11 Å². The number of oxime groups is 1. The van der Waals surface area contributed by atoms with Crippen LogP contribution >= 0.6 is 0 Å². The largest absolute Gasteiger partial charge is 0.409 e. The highest BCUT2D eigenvalue weighted by Gasteiger charge is 2.29. The fourth-order valence-corrected chi connectivity index (χ4v) is 1.65. The smallest absolute Gasteiger partial charge is 0.143 e. The zero-order valence-corrected chi connectivity index (χ0v) is 9.65. The molecule has 1 rings (SSSR count). The summed E-state index contributed by atoms with van der Waals surface area (Å²) in [5, 5.41) is 24.7. The van der Waals surface area contributed by atoms with Crippen molar-refractivity contribution in [3.8, 4) is 0 Å². The third-order valence-electron chi connectivity index (χ3n) is 2.95. The van der Waals surface area contributed by atoms with Crippen LogP contribution in [0.4, 0.5) is 0 Å². The second-order valence-corrected chi connectivity index (χ2v) is 4.39. The van der Waals surface area contributed by atoms with Crippen LogP contribution in [-0.4, -0.2) is 48.1 Å². The Labute approximate surface area is 95.5 Å². The van der Waals surface area contributed by atoms with Crippen LogP contribution in [0, 0.1) is 5.92 Å². The Bertz CT molecular complexity index is 239. The van der Waals surface area contributed by atoms with Gasteiger partial charge in [0.05, 0.1) is 5.60 Å². The van der Waals surface area contributed by atoms with Crippen LogP contribution in [0.1, 0.15) is 19.8 Å². The molecule has 1 unspecified atom stereocenters. The Balaban J connectivity index is 2.24. The van der Waals surface area contributed by atoms with Crippen molar-refractivity contribution < 1.29 is 15.1 Å². The molecule has 0 saturated carbocycles. The lowest BCUT2D eigenvalue weighted by atomic mass is 9.94. The lowest BCUT2D eigenvalue weighted by Crippen LogP contribution is -2.46. The maximum Gasteiger partial charge on any atom is 0.143 e. The van der Waals surface area contributed by atoms with Crippen molar-refractivity contribution in [1.29, 1.82) is 0 Å². The molecule has 1 aliphatic rings. The van der Waals surface area contributed by atoms with Crippen molar-refractivity contribution in [2.45, 2.75) is 25.4 Å². The average molecular weight is 231 g/mol. The van der Waals surface area contributed by atoms with Gasteiger partial charge in [0.1, 0.15) is 5.84 Å². The lowest BCUT2D eigenvalue weighted by Gasteiger charge is -2.32. The molecule has 0 amide bonds. The summed E-state index contributed by atoms with van der Waals surface area (Å²) in [6, 6.07) is 0. The summed E-state index contributed by atoms with van der Waals surface area (Å²) < 4.78 is 5.19.